The molecule has 2 fully saturated rings. The minimum absolute atomic E-state index is 0.0473. The summed E-state index contributed by atoms with van der Waals surface area (Å²) in [6.45, 7) is 8.44. The second-order valence-electron chi connectivity index (χ2n) is 6.99. The number of carbonyl (C=O) groups is 2. The molecular formula is C15H26N2O3. The number of nitrogens with one attached hydrogen (secondary N) is 2. The number of rotatable bonds is 3. The van der Waals surface area contributed by atoms with Crippen LogP contribution in [0.2, 0.25) is 0 Å². The van der Waals surface area contributed by atoms with Crippen LogP contribution in [0.4, 0.5) is 0 Å². The van der Waals surface area contributed by atoms with Gasteiger partial charge in [-0.2, -0.15) is 0 Å². The van der Waals surface area contributed by atoms with Gasteiger partial charge in [-0.25, -0.2) is 0 Å². The molecule has 2 rings (SSSR count). The van der Waals surface area contributed by atoms with Gasteiger partial charge in [-0.15, -0.1) is 0 Å². The van der Waals surface area contributed by atoms with Crippen molar-refractivity contribution < 1.29 is 14.3 Å². The Kier molecular flexibility index (Phi) is 4.68. The van der Waals surface area contributed by atoms with E-state index < -0.39 is 0 Å². The highest BCUT2D eigenvalue weighted by Gasteiger charge is 2.37. The van der Waals surface area contributed by atoms with E-state index in [4.69, 9.17) is 4.74 Å². The number of hydrogen-bond donors (Lipinski definition) is 2. The summed E-state index contributed by atoms with van der Waals surface area (Å²) in [7, 11) is 0. The summed E-state index contributed by atoms with van der Waals surface area (Å²) in [6, 6.07) is 0. The van der Waals surface area contributed by atoms with Crippen molar-refractivity contribution in [3.05, 3.63) is 0 Å². The first-order valence-electron chi connectivity index (χ1n) is 7.54. The second-order valence-corrected chi connectivity index (χ2v) is 6.99. The molecule has 0 spiro atoms. The molecule has 3 atom stereocenters. The zero-order valence-corrected chi connectivity index (χ0v) is 12.7. The van der Waals surface area contributed by atoms with E-state index in [2.05, 4.69) is 31.4 Å². The fourth-order valence-corrected chi connectivity index (χ4v) is 3.13. The van der Waals surface area contributed by atoms with Crippen LogP contribution in [0.5, 0.6) is 0 Å². The maximum absolute atomic E-state index is 12.1. The molecule has 2 saturated heterocycles. The molecule has 0 aromatic carbocycles. The van der Waals surface area contributed by atoms with Crippen molar-refractivity contribution in [2.75, 3.05) is 19.7 Å². The summed E-state index contributed by atoms with van der Waals surface area (Å²) < 4.78 is 5.81. The van der Waals surface area contributed by atoms with Gasteiger partial charge in [0.25, 0.3) is 0 Å². The quantitative estimate of drug-likeness (QED) is 0.814. The largest absolute Gasteiger partial charge is 0.377 e. The molecule has 5 heteroatoms. The normalized spacial score (nSPS) is 30.9. The van der Waals surface area contributed by atoms with Crippen LogP contribution in [-0.2, 0) is 14.3 Å². The van der Waals surface area contributed by atoms with Gasteiger partial charge in [-0.1, -0.05) is 20.8 Å². The third-order valence-corrected chi connectivity index (χ3v) is 4.24. The summed E-state index contributed by atoms with van der Waals surface area (Å²) in [5.41, 5.74) is 0.102. The SMILES string of the molecule is CC(C)(C)[C@H]1OCC[C@@H]1CNC(=O)C1CCC(=O)NC1. The van der Waals surface area contributed by atoms with Gasteiger partial charge in [-0.3, -0.25) is 9.59 Å². The van der Waals surface area contributed by atoms with Gasteiger partial charge in [0.1, 0.15) is 0 Å². The van der Waals surface area contributed by atoms with Gasteiger partial charge in [-0.05, 0) is 18.3 Å². The molecule has 2 amide bonds. The van der Waals surface area contributed by atoms with E-state index in [1.807, 2.05) is 0 Å². The molecule has 2 aliphatic heterocycles. The summed E-state index contributed by atoms with van der Waals surface area (Å²) in [5.74, 6) is 0.413. The van der Waals surface area contributed by atoms with Gasteiger partial charge < -0.3 is 15.4 Å². The van der Waals surface area contributed by atoms with Crippen molar-refractivity contribution in [1.82, 2.24) is 10.6 Å². The predicted molar refractivity (Wildman–Crippen MR) is 76.0 cm³/mol. The standard InChI is InChI=1S/C15H26N2O3/c1-15(2,3)13-10(6-7-20-13)8-17-14(19)11-4-5-12(18)16-9-11/h10-11,13H,4-9H2,1-3H3,(H,16,18)(H,17,19)/t10-,11?,13+/m1/s1. The Morgan fingerprint density at radius 2 is 2.15 bits per heavy atom. The van der Waals surface area contributed by atoms with Crippen molar-refractivity contribution in [2.24, 2.45) is 17.3 Å². The van der Waals surface area contributed by atoms with Crippen LogP contribution < -0.4 is 10.6 Å². The summed E-state index contributed by atoms with van der Waals surface area (Å²) >= 11 is 0. The molecule has 5 nitrogen and oxygen atoms in total. The van der Waals surface area contributed by atoms with E-state index >= 15 is 0 Å². The molecule has 0 aromatic heterocycles. The smallest absolute Gasteiger partial charge is 0.224 e. The monoisotopic (exact) mass is 282 g/mol. The van der Waals surface area contributed by atoms with Crippen molar-refractivity contribution in [1.29, 1.82) is 0 Å². The summed E-state index contributed by atoms with van der Waals surface area (Å²) in [4.78, 5) is 23.2. The van der Waals surface area contributed by atoms with E-state index in [1.54, 1.807) is 0 Å². The second kappa shape index (κ2) is 6.12. The van der Waals surface area contributed by atoms with Crippen molar-refractivity contribution in [2.45, 2.75) is 46.1 Å². The van der Waals surface area contributed by atoms with E-state index in [9.17, 15) is 9.59 Å². The lowest BCUT2D eigenvalue weighted by Crippen LogP contribution is -2.45. The first-order valence-corrected chi connectivity index (χ1v) is 7.54. The number of hydrogen-bond acceptors (Lipinski definition) is 3. The summed E-state index contributed by atoms with van der Waals surface area (Å²) in [5, 5.41) is 5.79. The lowest BCUT2D eigenvalue weighted by atomic mass is 9.81. The van der Waals surface area contributed by atoms with Crippen LogP contribution in [-0.4, -0.2) is 37.6 Å². The molecule has 0 aromatic rings. The Labute approximate surface area is 120 Å². The number of piperidine rings is 1. The fourth-order valence-electron chi connectivity index (χ4n) is 3.13. The minimum atomic E-state index is -0.0805. The van der Waals surface area contributed by atoms with Gasteiger partial charge in [0, 0.05) is 32.0 Å². The highest BCUT2D eigenvalue weighted by atomic mass is 16.5. The van der Waals surface area contributed by atoms with E-state index in [0.29, 0.717) is 31.8 Å². The van der Waals surface area contributed by atoms with Crippen LogP contribution in [0.3, 0.4) is 0 Å². The summed E-state index contributed by atoms with van der Waals surface area (Å²) in [6.07, 6.45) is 2.31. The lowest BCUT2D eigenvalue weighted by Gasteiger charge is -2.31. The van der Waals surface area contributed by atoms with E-state index in [-0.39, 0.29) is 29.3 Å². The molecule has 0 bridgehead atoms. The van der Waals surface area contributed by atoms with Crippen molar-refractivity contribution in [3.8, 4) is 0 Å². The highest BCUT2D eigenvalue weighted by Crippen LogP contribution is 2.34. The van der Waals surface area contributed by atoms with Crippen LogP contribution in [0, 0.1) is 17.3 Å². The molecule has 0 radical (unpaired) electrons. The number of carbonyl (C=O) groups excluding carboxylic acids is 2. The molecule has 0 aliphatic carbocycles. The van der Waals surface area contributed by atoms with Crippen LogP contribution in [0.1, 0.15) is 40.0 Å². The molecule has 114 valence electrons. The molecule has 20 heavy (non-hydrogen) atoms. The van der Waals surface area contributed by atoms with Crippen LogP contribution >= 0.6 is 0 Å². The fraction of sp³-hybridized carbons (Fsp3) is 0.867. The molecule has 2 heterocycles. The first kappa shape index (κ1) is 15.3. The molecule has 0 saturated carbocycles. The number of ether oxygens (including phenoxy) is 1. The Balaban J connectivity index is 1.79. The average Bonchev–Trinajstić information content (AvgIpc) is 2.85. The Hall–Kier alpha value is -1.10. The predicted octanol–water partition coefficient (Wildman–Crippen LogP) is 1.08. The number of amides is 2. The van der Waals surface area contributed by atoms with E-state index in [0.717, 1.165) is 13.0 Å². The first-order chi connectivity index (χ1) is 9.38. The Morgan fingerprint density at radius 1 is 1.40 bits per heavy atom. The topological polar surface area (TPSA) is 67.4 Å². The van der Waals surface area contributed by atoms with Crippen molar-refractivity contribution >= 4 is 11.8 Å². The third-order valence-electron chi connectivity index (χ3n) is 4.24. The van der Waals surface area contributed by atoms with Gasteiger partial charge in [0.15, 0.2) is 0 Å². The Morgan fingerprint density at radius 3 is 2.75 bits per heavy atom. The van der Waals surface area contributed by atoms with Crippen LogP contribution in [0.25, 0.3) is 0 Å². The van der Waals surface area contributed by atoms with Gasteiger partial charge in [0.05, 0.1) is 12.0 Å². The Bertz CT molecular complexity index is 366. The minimum Gasteiger partial charge on any atom is -0.377 e. The maximum atomic E-state index is 12.1. The van der Waals surface area contributed by atoms with Gasteiger partial charge in [0.2, 0.25) is 11.8 Å². The molecule has 2 N–H and O–H groups in total. The maximum Gasteiger partial charge on any atom is 0.224 e. The van der Waals surface area contributed by atoms with E-state index in [1.165, 1.54) is 0 Å². The third kappa shape index (κ3) is 3.72. The molecule has 2 aliphatic rings. The van der Waals surface area contributed by atoms with Gasteiger partial charge >= 0.3 is 0 Å². The van der Waals surface area contributed by atoms with Crippen LogP contribution in [0.15, 0.2) is 0 Å². The molecular weight excluding hydrogens is 256 g/mol. The average molecular weight is 282 g/mol. The zero-order chi connectivity index (χ0) is 14.8. The van der Waals surface area contributed by atoms with Crippen molar-refractivity contribution in [3.63, 3.8) is 0 Å². The molecule has 1 unspecified atom stereocenters. The highest BCUT2D eigenvalue weighted by molar-refractivity contribution is 5.83. The zero-order valence-electron chi connectivity index (χ0n) is 12.7. The lowest BCUT2D eigenvalue weighted by molar-refractivity contribution is -0.129.